The number of amides is 1. The van der Waals surface area contributed by atoms with Gasteiger partial charge in [-0.2, -0.15) is 0 Å². The van der Waals surface area contributed by atoms with Gasteiger partial charge in [-0.25, -0.2) is 4.79 Å². The van der Waals surface area contributed by atoms with E-state index in [2.05, 4.69) is 5.32 Å². The molecule has 0 spiro atoms. The van der Waals surface area contributed by atoms with Gasteiger partial charge >= 0.3 is 5.97 Å². The van der Waals surface area contributed by atoms with Crippen LogP contribution in [0.2, 0.25) is 0 Å². The SMILES string of the molecule is CC(C(=O)NC(CO)C(=O)O)c1ccccc1. The topological polar surface area (TPSA) is 86.6 Å². The number of aliphatic carboxylic acids is 1. The van der Waals surface area contributed by atoms with Crippen LogP contribution >= 0.6 is 0 Å². The van der Waals surface area contributed by atoms with Gasteiger partial charge in [0.25, 0.3) is 0 Å². The van der Waals surface area contributed by atoms with Crippen LogP contribution in [0.4, 0.5) is 0 Å². The van der Waals surface area contributed by atoms with Crippen molar-refractivity contribution in [3.05, 3.63) is 35.9 Å². The Labute approximate surface area is 99.1 Å². The fourth-order valence-electron chi connectivity index (χ4n) is 1.38. The number of carboxylic acids is 1. The number of carbonyl (C=O) groups is 2. The molecule has 0 heterocycles. The molecule has 0 aromatic heterocycles. The molecule has 0 radical (unpaired) electrons. The van der Waals surface area contributed by atoms with E-state index in [9.17, 15) is 9.59 Å². The maximum atomic E-state index is 11.7. The number of carbonyl (C=O) groups excluding carboxylic acids is 1. The molecule has 0 saturated carbocycles. The van der Waals surface area contributed by atoms with Crippen LogP contribution < -0.4 is 5.32 Å². The summed E-state index contributed by atoms with van der Waals surface area (Å²) < 4.78 is 0. The van der Waals surface area contributed by atoms with E-state index in [0.717, 1.165) is 5.56 Å². The van der Waals surface area contributed by atoms with Gasteiger partial charge in [-0.3, -0.25) is 4.79 Å². The number of aliphatic hydroxyl groups excluding tert-OH is 1. The van der Waals surface area contributed by atoms with Crippen molar-refractivity contribution < 1.29 is 19.8 Å². The molecule has 3 N–H and O–H groups in total. The van der Waals surface area contributed by atoms with Gasteiger partial charge in [-0.05, 0) is 12.5 Å². The Kier molecular flexibility index (Phi) is 4.66. The second-order valence-electron chi connectivity index (χ2n) is 3.71. The van der Waals surface area contributed by atoms with Gasteiger partial charge in [0.15, 0.2) is 0 Å². The van der Waals surface area contributed by atoms with E-state index in [4.69, 9.17) is 10.2 Å². The van der Waals surface area contributed by atoms with Crippen molar-refractivity contribution in [1.29, 1.82) is 0 Å². The predicted octanol–water partition coefficient (Wildman–Crippen LogP) is 0.352. The van der Waals surface area contributed by atoms with Crippen molar-refractivity contribution in [2.75, 3.05) is 6.61 Å². The molecule has 92 valence electrons. The molecular formula is C12H15NO4. The summed E-state index contributed by atoms with van der Waals surface area (Å²) in [5, 5.41) is 19.8. The molecule has 0 saturated heterocycles. The first-order valence-electron chi connectivity index (χ1n) is 5.25. The summed E-state index contributed by atoms with van der Waals surface area (Å²) in [5.74, 6) is -2.12. The summed E-state index contributed by atoms with van der Waals surface area (Å²) >= 11 is 0. The second-order valence-corrected chi connectivity index (χ2v) is 3.71. The fraction of sp³-hybridized carbons (Fsp3) is 0.333. The van der Waals surface area contributed by atoms with Crippen molar-refractivity contribution >= 4 is 11.9 Å². The molecule has 1 aromatic carbocycles. The zero-order valence-electron chi connectivity index (χ0n) is 9.46. The third-order valence-corrected chi connectivity index (χ3v) is 2.49. The Morgan fingerprint density at radius 1 is 1.29 bits per heavy atom. The van der Waals surface area contributed by atoms with Crippen molar-refractivity contribution in [1.82, 2.24) is 5.32 Å². The third-order valence-electron chi connectivity index (χ3n) is 2.49. The van der Waals surface area contributed by atoms with Gasteiger partial charge in [0, 0.05) is 0 Å². The molecule has 2 atom stereocenters. The summed E-state index contributed by atoms with van der Waals surface area (Å²) in [6, 6.07) is 7.77. The monoisotopic (exact) mass is 237 g/mol. The van der Waals surface area contributed by atoms with Crippen LogP contribution in [0.5, 0.6) is 0 Å². The molecule has 0 fully saturated rings. The van der Waals surface area contributed by atoms with Crippen molar-refractivity contribution in [3.8, 4) is 0 Å². The molecule has 1 amide bonds. The van der Waals surface area contributed by atoms with Crippen LogP contribution in [-0.2, 0) is 9.59 Å². The van der Waals surface area contributed by atoms with Gasteiger partial charge in [-0.15, -0.1) is 0 Å². The molecule has 0 aliphatic carbocycles. The van der Waals surface area contributed by atoms with Gasteiger partial charge in [0.1, 0.15) is 6.04 Å². The summed E-state index contributed by atoms with van der Waals surface area (Å²) in [6.45, 7) is 1.06. The zero-order valence-corrected chi connectivity index (χ0v) is 9.46. The lowest BCUT2D eigenvalue weighted by molar-refractivity contribution is -0.143. The van der Waals surface area contributed by atoms with Crippen LogP contribution in [0, 0.1) is 0 Å². The highest BCUT2D eigenvalue weighted by atomic mass is 16.4. The van der Waals surface area contributed by atoms with Crippen LogP contribution in [0.15, 0.2) is 30.3 Å². The van der Waals surface area contributed by atoms with E-state index in [1.54, 1.807) is 31.2 Å². The van der Waals surface area contributed by atoms with Gasteiger partial charge in [0.05, 0.1) is 12.5 Å². The Morgan fingerprint density at radius 2 is 1.88 bits per heavy atom. The summed E-state index contributed by atoms with van der Waals surface area (Å²) in [5.41, 5.74) is 0.798. The minimum absolute atomic E-state index is 0.419. The van der Waals surface area contributed by atoms with Crippen LogP contribution in [-0.4, -0.2) is 34.7 Å². The normalized spacial score (nSPS) is 13.8. The number of nitrogens with one attached hydrogen (secondary N) is 1. The lowest BCUT2D eigenvalue weighted by Gasteiger charge is -2.16. The average Bonchev–Trinajstić information content (AvgIpc) is 2.35. The first-order chi connectivity index (χ1) is 8.06. The number of hydrogen-bond donors (Lipinski definition) is 3. The van der Waals surface area contributed by atoms with Crippen LogP contribution in [0.3, 0.4) is 0 Å². The molecule has 0 aliphatic heterocycles. The number of carboxylic acid groups (broad SMARTS) is 1. The predicted molar refractivity (Wildman–Crippen MR) is 61.5 cm³/mol. The van der Waals surface area contributed by atoms with E-state index >= 15 is 0 Å². The molecule has 17 heavy (non-hydrogen) atoms. The molecule has 5 heteroatoms. The van der Waals surface area contributed by atoms with E-state index in [1.165, 1.54) is 0 Å². The largest absolute Gasteiger partial charge is 0.480 e. The highest BCUT2D eigenvalue weighted by molar-refractivity contribution is 5.87. The average molecular weight is 237 g/mol. The van der Waals surface area contributed by atoms with Crippen LogP contribution in [0.25, 0.3) is 0 Å². The molecule has 0 bridgehead atoms. The summed E-state index contributed by atoms with van der Waals surface area (Å²) in [6.07, 6.45) is 0. The minimum Gasteiger partial charge on any atom is -0.480 e. The Morgan fingerprint density at radius 3 is 2.35 bits per heavy atom. The third kappa shape index (κ3) is 3.57. The molecule has 2 unspecified atom stereocenters. The van der Waals surface area contributed by atoms with E-state index in [-0.39, 0.29) is 0 Å². The highest BCUT2D eigenvalue weighted by Gasteiger charge is 2.22. The Hall–Kier alpha value is -1.88. The summed E-state index contributed by atoms with van der Waals surface area (Å²) in [4.78, 5) is 22.4. The van der Waals surface area contributed by atoms with Crippen molar-refractivity contribution in [2.24, 2.45) is 0 Å². The van der Waals surface area contributed by atoms with Crippen LogP contribution in [0.1, 0.15) is 18.4 Å². The molecule has 1 rings (SSSR count). The molecule has 5 nitrogen and oxygen atoms in total. The van der Waals surface area contributed by atoms with Crippen molar-refractivity contribution in [2.45, 2.75) is 18.9 Å². The minimum atomic E-state index is -1.26. The first-order valence-corrected chi connectivity index (χ1v) is 5.25. The second kappa shape index (κ2) is 6.00. The quantitative estimate of drug-likeness (QED) is 0.689. The van der Waals surface area contributed by atoms with E-state index in [0.29, 0.717) is 0 Å². The van der Waals surface area contributed by atoms with Crippen molar-refractivity contribution in [3.63, 3.8) is 0 Å². The number of rotatable bonds is 5. The van der Waals surface area contributed by atoms with E-state index < -0.39 is 30.4 Å². The first kappa shape index (κ1) is 13.2. The van der Waals surface area contributed by atoms with Gasteiger partial charge in [0.2, 0.25) is 5.91 Å². The smallest absolute Gasteiger partial charge is 0.328 e. The standard InChI is InChI=1S/C12H15NO4/c1-8(9-5-3-2-4-6-9)11(15)13-10(7-14)12(16)17/h2-6,8,10,14H,7H2,1H3,(H,13,15)(H,16,17). The number of aliphatic hydroxyl groups is 1. The lowest BCUT2D eigenvalue weighted by atomic mass is 10.0. The fourth-order valence-corrected chi connectivity index (χ4v) is 1.38. The number of benzene rings is 1. The Balaban J connectivity index is 2.68. The molecular weight excluding hydrogens is 222 g/mol. The number of hydrogen-bond acceptors (Lipinski definition) is 3. The maximum absolute atomic E-state index is 11.7. The van der Waals surface area contributed by atoms with E-state index in [1.807, 2.05) is 6.07 Å². The maximum Gasteiger partial charge on any atom is 0.328 e. The highest BCUT2D eigenvalue weighted by Crippen LogP contribution is 2.14. The molecule has 0 aliphatic rings. The Bertz CT molecular complexity index is 391. The van der Waals surface area contributed by atoms with Gasteiger partial charge < -0.3 is 15.5 Å². The zero-order chi connectivity index (χ0) is 12.8. The molecule has 1 aromatic rings. The van der Waals surface area contributed by atoms with Gasteiger partial charge in [-0.1, -0.05) is 30.3 Å². The summed E-state index contributed by atoms with van der Waals surface area (Å²) in [7, 11) is 0. The lowest BCUT2D eigenvalue weighted by Crippen LogP contribution is -2.44.